The van der Waals surface area contributed by atoms with Crippen LogP contribution in [0.15, 0.2) is 22.3 Å². The molecule has 0 radical (unpaired) electrons. The maximum atomic E-state index is 2.26. The molecule has 0 amide bonds. The van der Waals surface area contributed by atoms with E-state index in [0.29, 0.717) is 0 Å². The van der Waals surface area contributed by atoms with E-state index in [0.717, 1.165) is 5.41 Å². The molecule has 1 spiro atoms. The Bertz CT molecular complexity index is 262. The Labute approximate surface area is 130 Å². The summed E-state index contributed by atoms with van der Waals surface area (Å²) in [6, 6.07) is 0. The van der Waals surface area contributed by atoms with Crippen molar-refractivity contribution in [1.82, 2.24) is 0 Å². The largest absolute Gasteiger partial charge is 0.0776 e. The lowest BCUT2D eigenvalue weighted by Crippen LogP contribution is -1.88. The molecule has 0 nitrogen and oxygen atoms in total. The van der Waals surface area contributed by atoms with Crippen LogP contribution in [-0.2, 0) is 0 Å². The van der Waals surface area contributed by atoms with Crippen molar-refractivity contribution in [2.45, 2.75) is 102 Å². The van der Waals surface area contributed by atoms with Crippen molar-refractivity contribution in [3.8, 4) is 0 Å². The van der Waals surface area contributed by atoms with Crippen LogP contribution in [-0.4, -0.2) is 0 Å². The fraction of sp³-hybridized carbons (Fsp3) is 0.800. The Morgan fingerprint density at radius 3 is 1.05 bits per heavy atom. The molecule has 20 heavy (non-hydrogen) atoms. The summed E-state index contributed by atoms with van der Waals surface area (Å²) in [5.74, 6) is 0. The van der Waals surface area contributed by atoms with Gasteiger partial charge in [-0.25, -0.2) is 0 Å². The molecule has 2 rings (SSSR count). The molecule has 0 bridgehead atoms. The molecule has 0 atom stereocenters. The highest BCUT2D eigenvalue weighted by Crippen LogP contribution is 2.62. The maximum Gasteiger partial charge on any atom is -0.0216 e. The summed E-state index contributed by atoms with van der Waals surface area (Å²) in [7, 11) is 0. The van der Waals surface area contributed by atoms with Gasteiger partial charge in [0, 0.05) is 0 Å². The summed E-state index contributed by atoms with van der Waals surface area (Å²) >= 11 is 0. The molecule has 0 saturated heterocycles. The van der Waals surface area contributed by atoms with Crippen molar-refractivity contribution in [2.24, 2.45) is 5.41 Å². The molecule has 2 aliphatic carbocycles. The van der Waals surface area contributed by atoms with Crippen molar-refractivity contribution in [3.05, 3.63) is 22.3 Å². The summed E-state index contributed by atoms with van der Waals surface area (Å²) in [5, 5.41) is 0. The number of hydrogen-bond donors (Lipinski definition) is 0. The lowest BCUT2D eigenvalue weighted by atomic mass is 10.0. The van der Waals surface area contributed by atoms with E-state index in [4.69, 9.17) is 0 Å². The molecular formula is C20H42. The summed E-state index contributed by atoms with van der Waals surface area (Å²) in [6.07, 6.45) is 5.69. The standard InChI is InChI=1S/C13H20.3C2H6.CH4/c1-9(2)11-7-13(5-6-13)8-12(11)10(3)4;3*1-2;/h5-8H2,1-4H3;3*1-2H3;1H4. The molecule has 0 aliphatic heterocycles. The van der Waals surface area contributed by atoms with Gasteiger partial charge in [0.25, 0.3) is 0 Å². The first-order chi connectivity index (χ1) is 9.04. The highest BCUT2D eigenvalue weighted by Gasteiger charge is 2.48. The van der Waals surface area contributed by atoms with E-state index in [1.807, 2.05) is 41.5 Å². The van der Waals surface area contributed by atoms with Gasteiger partial charge in [0.05, 0.1) is 0 Å². The fourth-order valence-electron chi connectivity index (χ4n) is 2.51. The van der Waals surface area contributed by atoms with Crippen molar-refractivity contribution in [1.29, 1.82) is 0 Å². The molecule has 122 valence electrons. The Hall–Kier alpha value is -0.520. The Balaban J connectivity index is -0.000000368. The van der Waals surface area contributed by atoms with Crippen LogP contribution in [0.3, 0.4) is 0 Å². The maximum absolute atomic E-state index is 2.26. The van der Waals surface area contributed by atoms with E-state index < -0.39 is 0 Å². The fourth-order valence-corrected chi connectivity index (χ4v) is 2.51. The molecule has 0 N–H and O–H groups in total. The van der Waals surface area contributed by atoms with E-state index in [1.165, 1.54) is 25.7 Å². The predicted octanol–water partition coefficient (Wildman–Crippen LogP) is 7.95. The van der Waals surface area contributed by atoms with Crippen LogP contribution in [0.1, 0.15) is 102 Å². The SMILES string of the molecule is C.CC.CC.CC.CC(C)=C1CC2(CC2)CC1=C(C)C. The second-order valence-electron chi connectivity index (χ2n) is 5.31. The lowest BCUT2D eigenvalue weighted by molar-refractivity contribution is 0.560. The van der Waals surface area contributed by atoms with Crippen LogP contribution in [0.5, 0.6) is 0 Å². The molecule has 2 fully saturated rings. The minimum atomic E-state index is 0. The Kier molecular flexibility index (Phi) is 15.0. The topological polar surface area (TPSA) is 0 Å². The Morgan fingerprint density at radius 2 is 0.900 bits per heavy atom. The Morgan fingerprint density at radius 1 is 0.650 bits per heavy atom. The molecule has 0 heterocycles. The predicted molar refractivity (Wildman–Crippen MR) is 98.4 cm³/mol. The molecule has 0 heteroatoms. The van der Waals surface area contributed by atoms with Crippen LogP contribution in [0, 0.1) is 5.41 Å². The first kappa shape index (κ1) is 24.5. The van der Waals surface area contributed by atoms with Gasteiger partial charge >= 0.3 is 0 Å². The summed E-state index contributed by atoms with van der Waals surface area (Å²) in [5.41, 5.74) is 7.18. The minimum Gasteiger partial charge on any atom is -0.0776 e. The van der Waals surface area contributed by atoms with Gasteiger partial charge < -0.3 is 0 Å². The smallest absolute Gasteiger partial charge is 0.0216 e. The van der Waals surface area contributed by atoms with E-state index in [-0.39, 0.29) is 7.43 Å². The van der Waals surface area contributed by atoms with Gasteiger partial charge in [-0.2, -0.15) is 0 Å². The average molecular weight is 283 g/mol. The first-order valence-electron chi connectivity index (χ1n) is 8.37. The summed E-state index contributed by atoms with van der Waals surface area (Å²) < 4.78 is 0. The monoisotopic (exact) mass is 282 g/mol. The molecular weight excluding hydrogens is 240 g/mol. The molecule has 0 aromatic carbocycles. The molecule has 2 saturated carbocycles. The highest BCUT2D eigenvalue weighted by atomic mass is 14.5. The summed E-state index contributed by atoms with van der Waals surface area (Å²) in [4.78, 5) is 0. The molecule has 2 aliphatic rings. The zero-order valence-electron chi connectivity index (χ0n) is 15.3. The normalized spacial score (nSPS) is 16.5. The summed E-state index contributed by atoms with van der Waals surface area (Å²) in [6.45, 7) is 21.1. The number of allylic oxidation sites excluding steroid dienone is 4. The zero-order chi connectivity index (χ0) is 15.6. The number of rotatable bonds is 0. The van der Waals surface area contributed by atoms with Gasteiger partial charge in [0.1, 0.15) is 0 Å². The van der Waals surface area contributed by atoms with Crippen molar-refractivity contribution in [3.63, 3.8) is 0 Å². The van der Waals surface area contributed by atoms with Gasteiger partial charge in [-0.3, -0.25) is 0 Å². The van der Waals surface area contributed by atoms with Crippen LogP contribution in [0.2, 0.25) is 0 Å². The number of hydrogen-bond acceptors (Lipinski definition) is 0. The van der Waals surface area contributed by atoms with Crippen molar-refractivity contribution in [2.75, 3.05) is 0 Å². The third-order valence-corrected chi connectivity index (χ3v) is 3.63. The molecule has 0 unspecified atom stereocenters. The van der Waals surface area contributed by atoms with E-state index in [9.17, 15) is 0 Å². The lowest BCUT2D eigenvalue weighted by Gasteiger charge is -2.05. The molecule has 0 aromatic rings. The highest BCUT2D eigenvalue weighted by molar-refractivity contribution is 5.44. The third-order valence-electron chi connectivity index (χ3n) is 3.63. The van der Waals surface area contributed by atoms with Gasteiger partial charge in [-0.1, -0.05) is 60.1 Å². The minimum absolute atomic E-state index is 0. The van der Waals surface area contributed by atoms with Gasteiger partial charge in [-0.15, -0.1) is 0 Å². The average Bonchev–Trinajstić information content (AvgIpc) is 3.07. The van der Waals surface area contributed by atoms with Crippen LogP contribution >= 0.6 is 0 Å². The zero-order valence-corrected chi connectivity index (χ0v) is 15.3. The van der Waals surface area contributed by atoms with Crippen LogP contribution in [0.25, 0.3) is 0 Å². The first-order valence-corrected chi connectivity index (χ1v) is 8.37. The van der Waals surface area contributed by atoms with Crippen molar-refractivity contribution < 1.29 is 0 Å². The quantitative estimate of drug-likeness (QED) is 0.423. The van der Waals surface area contributed by atoms with Gasteiger partial charge in [-0.05, 0) is 69.9 Å². The van der Waals surface area contributed by atoms with Gasteiger partial charge in [0.15, 0.2) is 0 Å². The van der Waals surface area contributed by atoms with Gasteiger partial charge in [0.2, 0.25) is 0 Å². The third kappa shape index (κ3) is 6.77. The second-order valence-corrected chi connectivity index (χ2v) is 5.31. The molecule has 0 aromatic heterocycles. The van der Waals surface area contributed by atoms with Crippen molar-refractivity contribution >= 4 is 0 Å². The van der Waals surface area contributed by atoms with Crippen LogP contribution in [0.4, 0.5) is 0 Å². The van der Waals surface area contributed by atoms with E-state index >= 15 is 0 Å². The van der Waals surface area contributed by atoms with Crippen LogP contribution < -0.4 is 0 Å². The second kappa shape index (κ2) is 12.2. The van der Waals surface area contributed by atoms with E-state index in [2.05, 4.69) is 27.7 Å². The van der Waals surface area contributed by atoms with E-state index in [1.54, 1.807) is 22.3 Å².